The maximum absolute atomic E-state index is 12.6. The Morgan fingerprint density at radius 3 is 2.62 bits per heavy atom. The van der Waals surface area contributed by atoms with Gasteiger partial charge in [0.1, 0.15) is 5.60 Å². The van der Waals surface area contributed by atoms with Crippen molar-refractivity contribution < 1.29 is 15.0 Å². The average molecular weight is 397 g/mol. The summed E-state index contributed by atoms with van der Waals surface area (Å²) in [5, 5.41) is 24.6. The molecule has 1 fully saturated rings. The molecular formula is C24H32N2O3. The number of nitrogens with zero attached hydrogens (tertiary/aromatic N) is 1. The van der Waals surface area contributed by atoms with E-state index < -0.39 is 11.7 Å². The number of carbonyl (C=O) groups excluding carboxylic acids is 1. The van der Waals surface area contributed by atoms with E-state index in [1.54, 1.807) is 4.90 Å². The summed E-state index contributed by atoms with van der Waals surface area (Å²) in [5.74, 6) is 0.0269. The number of β-amino-alcohol motifs (C(OH)–C–C–N with tert-alkyl or cyclic N) is 1. The van der Waals surface area contributed by atoms with Crippen LogP contribution in [0.25, 0.3) is 0 Å². The van der Waals surface area contributed by atoms with Crippen LogP contribution < -0.4 is 5.32 Å². The van der Waals surface area contributed by atoms with Gasteiger partial charge in [-0.1, -0.05) is 54.6 Å². The molecule has 5 nitrogen and oxygen atoms in total. The van der Waals surface area contributed by atoms with Gasteiger partial charge in [0.2, 0.25) is 5.91 Å². The predicted molar refractivity (Wildman–Crippen MR) is 115 cm³/mol. The van der Waals surface area contributed by atoms with Gasteiger partial charge in [0.25, 0.3) is 0 Å². The van der Waals surface area contributed by atoms with E-state index >= 15 is 0 Å². The van der Waals surface area contributed by atoms with Crippen molar-refractivity contribution in [3.05, 3.63) is 71.3 Å². The molecule has 1 aliphatic rings. The summed E-state index contributed by atoms with van der Waals surface area (Å²) < 4.78 is 0. The molecule has 0 saturated carbocycles. The third-order valence-corrected chi connectivity index (χ3v) is 5.84. The van der Waals surface area contributed by atoms with Gasteiger partial charge in [0, 0.05) is 19.5 Å². The van der Waals surface area contributed by atoms with E-state index in [2.05, 4.69) is 24.4 Å². The molecule has 29 heavy (non-hydrogen) atoms. The molecule has 1 saturated heterocycles. The lowest BCUT2D eigenvalue weighted by Crippen LogP contribution is -2.62. The summed E-state index contributed by atoms with van der Waals surface area (Å²) in [6, 6.07) is 18.2. The van der Waals surface area contributed by atoms with E-state index in [-0.39, 0.29) is 19.0 Å². The highest BCUT2D eigenvalue weighted by atomic mass is 16.3. The normalized spacial score (nSPS) is 21.9. The summed E-state index contributed by atoms with van der Waals surface area (Å²) in [5.41, 5.74) is 2.34. The summed E-state index contributed by atoms with van der Waals surface area (Å²) >= 11 is 0. The Morgan fingerprint density at radius 2 is 1.86 bits per heavy atom. The number of likely N-dealkylation sites (tertiary alicyclic amines) is 1. The molecule has 0 bridgehead atoms. The maximum atomic E-state index is 12.6. The SMILES string of the molecule is Cc1ccccc1CCNC[C@@]1(O)CN(C(=O)CCc2ccccc2)CC[C@@H]1O. The molecule has 0 radical (unpaired) electrons. The van der Waals surface area contributed by atoms with E-state index in [0.717, 1.165) is 12.0 Å². The highest BCUT2D eigenvalue weighted by Crippen LogP contribution is 2.22. The fraction of sp³-hybridized carbons (Fsp3) is 0.458. The maximum Gasteiger partial charge on any atom is 0.223 e. The van der Waals surface area contributed by atoms with Gasteiger partial charge in [-0.05, 0) is 49.4 Å². The molecule has 1 heterocycles. The van der Waals surface area contributed by atoms with Gasteiger partial charge in [-0.3, -0.25) is 4.79 Å². The van der Waals surface area contributed by atoms with Crippen molar-refractivity contribution in [3.8, 4) is 0 Å². The van der Waals surface area contributed by atoms with Crippen LogP contribution in [0.3, 0.4) is 0 Å². The van der Waals surface area contributed by atoms with Gasteiger partial charge in [0.15, 0.2) is 0 Å². The first-order valence-electron chi connectivity index (χ1n) is 10.5. The number of hydrogen-bond donors (Lipinski definition) is 3. The van der Waals surface area contributed by atoms with Gasteiger partial charge in [-0.15, -0.1) is 0 Å². The number of amides is 1. The molecule has 0 aromatic heterocycles. The lowest BCUT2D eigenvalue weighted by Gasteiger charge is -2.43. The van der Waals surface area contributed by atoms with Gasteiger partial charge in [-0.25, -0.2) is 0 Å². The molecule has 0 unspecified atom stereocenters. The van der Waals surface area contributed by atoms with Gasteiger partial charge >= 0.3 is 0 Å². The van der Waals surface area contributed by atoms with Crippen LogP contribution >= 0.6 is 0 Å². The third kappa shape index (κ3) is 5.89. The Hall–Kier alpha value is -2.21. The van der Waals surface area contributed by atoms with Crippen LogP contribution in [0, 0.1) is 6.92 Å². The Bertz CT molecular complexity index is 796. The first kappa shape index (κ1) is 21.5. The number of aliphatic hydroxyl groups excluding tert-OH is 1. The average Bonchev–Trinajstić information content (AvgIpc) is 2.73. The molecule has 2 aromatic rings. The van der Waals surface area contributed by atoms with E-state index in [1.807, 2.05) is 42.5 Å². The smallest absolute Gasteiger partial charge is 0.223 e. The molecule has 5 heteroatoms. The quantitative estimate of drug-likeness (QED) is 0.598. The topological polar surface area (TPSA) is 72.8 Å². The van der Waals surface area contributed by atoms with Crippen LogP contribution in [0.2, 0.25) is 0 Å². The first-order valence-corrected chi connectivity index (χ1v) is 10.5. The lowest BCUT2D eigenvalue weighted by molar-refractivity contribution is -0.150. The minimum Gasteiger partial charge on any atom is -0.390 e. The van der Waals surface area contributed by atoms with Crippen LogP contribution in [0.15, 0.2) is 54.6 Å². The van der Waals surface area contributed by atoms with E-state index in [4.69, 9.17) is 0 Å². The van der Waals surface area contributed by atoms with Crippen molar-refractivity contribution >= 4 is 5.91 Å². The Balaban J connectivity index is 1.48. The molecule has 1 aliphatic heterocycles. The van der Waals surface area contributed by atoms with E-state index in [0.29, 0.717) is 32.4 Å². The van der Waals surface area contributed by atoms with Crippen molar-refractivity contribution in [2.45, 2.75) is 44.3 Å². The van der Waals surface area contributed by atoms with Gasteiger partial charge in [-0.2, -0.15) is 0 Å². The van der Waals surface area contributed by atoms with Crippen LogP contribution in [-0.2, 0) is 17.6 Å². The fourth-order valence-corrected chi connectivity index (χ4v) is 3.92. The second kappa shape index (κ2) is 10.0. The Labute approximate surface area is 173 Å². The summed E-state index contributed by atoms with van der Waals surface area (Å²) in [6.45, 7) is 3.72. The highest BCUT2D eigenvalue weighted by molar-refractivity contribution is 5.76. The second-order valence-electron chi connectivity index (χ2n) is 8.06. The van der Waals surface area contributed by atoms with Crippen LogP contribution in [-0.4, -0.2) is 58.9 Å². The summed E-state index contributed by atoms with van der Waals surface area (Å²) in [6.07, 6.45) is 1.53. The zero-order valence-electron chi connectivity index (χ0n) is 17.2. The molecular weight excluding hydrogens is 364 g/mol. The number of piperidine rings is 1. The molecule has 2 aromatic carbocycles. The Kier molecular flexibility index (Phi) is 7.42. The van der Waals surface area contributed by atoms with E-state index in [1.165, 1.54) is 11.1 Å². The zero-order chi connectivity index (χ0) is 20.7. The summed E-state index contributed by atoms with van der Waals surface area (Å²) in [7, 11) is 0. The van der Waals surface area contributed by atoms with Crippen molar-refractivity contribution in [1.82, 2.24) is 10.2 Å². The molecule has 3 rings (SSSR count). The number of rotatable bonds is 8. The van der Waals surface area contributed by atoms with Gasteiger partial charge in [0.05, 0.1) is 12.6 Å². The monoisotopic (exact) mass is 396 g/mol. The number of carbonyl (C=O) groups is 1. The van der Waals surface area contributed by atoms with E-state index in [9.17, 15) is 15.0 Å². The van der Waals surface area contributed by atoms with Gasteiger partial charge < -0.3 is 20.4 Å². The number of aryl methyl sites for hydroxylation is 2. The van der Waals surface area contributed by atoms with Crippen LogP contribution in [0.1, 0.15) is 29.5 Å². The largest absolute Gasteiger partial charge is 0.390 e. The predicted octanol–water partition coefficient (Wildman–Crippen LogP) is 2.08. The fourth-order valence-electron chi connectivity index (χ4n) is 3.92. The van der Waals surface area contributed by atoms with Crippen molar-refractivity contribution in [1.29, 1.82) is 0 Å². The van der Waals surface area contributed by atoms with Crippen molar-refractivity contribution in [2.75, 3.05) is 26.2 Å². The molecule has 3 N–H and O–H groups in total. The van der Waals surface area contributed by atoms with Crippen LogP contribution in [0.5, 0.6) is 0 Å². The number of benzene rings is 2. The summed E-state index contributed by atoms with van der Waals surface area (Å²) in [4.78, 5) is 14.3. The number of hydrogen-bond acceptors (Lipinski definition) is 4. The minimum atomic E-state index is -1.31. The number of aliphatic hydroxyl groups is 2. The molecule has 0 spiro atoms. The van der Waals surface area contributed by atoms with Crippen molar-refractivity contribution in [3.63, 3.8) is 0 Å². The minimum absolute atomic E-state index is 0.0269. The zero-order valence-corrected chi connectivity index (χ0v) is 17.2. The third-order valence-electron chi connectivity index (χ3n) is 5.84. The Morgan fingerprint density at radius 1 is 1.14 bits per heavy atom. The van der Waals surface area contributed by atoms with Crippen LogP contribution in [0.4, 0.5) is 0 Å². The van der Waals surface area contributed by atoms with Crippen molar-refractivity contribution in [2.24, 2.45) is 0 Å². The second-order valence-corrected chi connectivity index (χ2v) is 8.06. The standard InChI is InChI=1S/C24H32N2O3/c1-19-7-5-6-10-21(19)13-15-25-17-24(29)18-26(16-14-22(24)27)23(28)12-11-20-8-3-2-4-9-20/h2-10,22,25,27,29H,11-18H2,1H3/t22-,24+/m0/s1. The molecule has 0 aliphatic carbocycles. The molecule has 156 valence electrons. The first-order chi connectivity index (χ1) is 14.0. The lowest BCUT2D eigenvalue weighted by atomic mass is 9.89. The highest BCUT2D eigenvalue weighted by Gasteiger charge is 2.41. The number of nitrogens with one attached hydrogen (secondary N) is 1. The molecule has 1 amide bonds. The molecule has 2 atom stereocenters.